The molecule has 5 nitrogen and oxygen atoms in total. The fourth-order valence-corrected chi connectivity index (χ4v) is 2.86. The van der Waals surface area contributed by atoms with Gasteiger partial charge in [-0.1, -0.05) is 26.8 Å². The monoisotopic (exact) mass is 312 g/mol. The number of carbonyl (C=O) groups excluding carboxylic acids is 1. The van der Waals surface area contributed by atoms with Gasteiger partial charge in [0.1, 0.15) is 0 Å². The quantitative estimate of drug-likeness (QED) is 0.842. The first kappa shape index (κ1) is 17.7. The van der Waals surface area contributed by atoms with E-state index in [1.165, 1.54) is 12.1 Å². The zero-order valence-corrected chi connectivity index (χ0v) is 13.8. The van der Waals surface area contributed by atoms with E-state index in [1.54, 1.807) is 6.07 Å². The highest BCUT2D eigenvalue weighted by Crippen LogP contribution is 2.16. The van der Waals surface area contributed by atoms with Crippen LogP contribution in [0.2, 0.25) is 0 Å². The second kappa shape index (κ2) is 7.04. The number of rotatable bonds is 6. The van der Waals surface area contributed by atoms with Crippen molar-refractivity contribution in [1.29, 1.82) is 0 Å². The third-order valence-electron chi connectivity index (χ3n) is 3.24. The van der Waals surface area contributed by atoms with Crippen LogP contribution in [0, 0.1) is 5.92 Å². The first-order valence-electron chi connectivity index (χ1n) is 7.11. The number of nitrogens with two attached hydrogens (primary N) is 1. The Morgan fingerprint density at radius 1 is 1.29 bits per heavy atom. The van der Waals surface area contributed by atoms with Crippen molar-refractivity contribution in [1.82, 2.24) is 5.32 Å². The van der Waals surface area contributed by atoms with Crippen molar-refractivity contribution in [2.75, 3.05) is 0 Å². The minimum Gasteiger partial charge on any atom is -0.350 e. The molecular formula is C15H24N2O3S. The molecule has 118 valence electrons. The molecule has 1 aromatic rings. The molecule has 1 rings (SSSR count). The molecule has 1 unspecified atom stereocenters. The predicted molar refractivity (Wildman–Crippen MR) is 83.6 cm³/mol. The molecule has 0 saturated heterocycles. The summed E-state index contributed by atoms with van der Waals surface area (Å²) in [4.78, 5) is 12.3. The van der Waals surface area contributed by atoms with Crippen molar-refractivity contribution in [3.8, 4) is 0 Å². The number of aryl methyl sites for hydroxylation is 1. The Morgan fingerprint density at radius 2 is 1.90 bits per heavy atom. The zero-order valence-electron chi connectivity index (χ0n) is 13.0. The molecule has 0 spiro atoms. The predicted octanol–water partition coefficient (Wildman–Crippen LogP) is 2.06. The fourth-order valence-electron chi connectivity index (χ4n) is 2.32. The lowest BCUT2D eigenvalue weighted by atomic mass is 10.0. The van der Waals surface area contributed by atoms with Crippen LogP contribution in [-0.2, 0) is 16.4 Å². The molecule has 0 saturated carbocycles. The number of benzene rings is 1. The van der Waals surface area contributed by atoms with Gasteiger partial charge in [0.25, 0.3) is 5.91 Å². The van der Waals surface area contributed by atoms with E-state index >= 15 is 0 Å². The summed E-state index contributed by atoms with van der Waals surface area (Å²) in [6.07, 6.45) is 1.51. The van der Waals surface area contributed by atoms with E-state index in [9.17, 15) is 13.2 Å². The Labute approximate surface area is 127 Å². The van der Waals surface area contributed by atoms with Crippen LogP contribution in [0.4, 0.5) is 0 Å². The number of amides is 1. The minimum atomic E-state index is -3.81. The second-order valence-corrected chi connectivity index (χ2v) is 7.28. The maximum atomic E-state index is 12.3. The number of primary sulfonamides is 1. The van der Waals surface area contributed by atoms with E-state index in [0.29, 0.717) is 17.9 Å². The number of carbonyl (C=O) groups is 1. The van der Waals surface area contributed by atoms with Crippen molar-refractivity contribution in [3.63, 3.8) is 0 Å². The maximum absolute atomic E-state index is 12.3. The largest absolute Gasteiger partial charge is 0.350 e. The van der Waals surface area contributed by atoms with E-state index in [4.69, 9.17) is 5.14 Å². The highest BCUT2D eigenvalue weighted by atomic mass is 32.2. The zero-order chi connectivity index (χ0) is 16.2. The standard InChI is InChI=1S/C15H24N2O3S/c1-5-12-6-7-13(21(16,19)20)9-14(12)15(18)17-11(4)8-10(2)3/h6-7,9-11H,5,8H2,1-4H3,(H,17,18)(H2,16,19,20). The van der Waals surface area contributed by atoms with Crippen molar-refractivity contribution >= 4 is 15.9 Å². The summed E-state index contributed by atoms with van der Waals surface area (Å²) < 4.78 is 22.8. The Kier molecular flexibility index (Phi) is 5.92. The summed E-state index contributed by atoms with van der Waals surface area (Å²) in [5.41, 5.74) is 1.18. The van der Waals surface area contributed by atoms with Gasteiger partial charge >= 0.3 is 0 Å². The lowest BCUT2D eigenvalue weighted by Crippen LogP contribution is -2.34. The van der Waals surface area contributed by atoms with E-state index in [2.05, 4.69) is 19.2 Å². The van der Waals surface area contributed by atoms with Crippen LogP contribution in [0.3, 0.4) is 0 Å². The van der Waals surface area contributed by atoms with Crippen LogP contribution in [0.1, 0.15) is 50.0 Å². The summed E-state index contributed by atoms with van der Waals surface area (Å²) >= 11 is 0. The highest BCUT2D eigenvalue weighted by Gasteiger charge is 2.17. The van der Waals surface area contributed by atoms with Crippen molar-refractivity contribution in [2.45, 2.75) is 51.5 Å². The number of nitrogens with one attached hydrogen (secondary N) is 1. The van der Waals surface area contributed by atoms with Gasteiger partial charge in [0.05, 0.1) is 4.90 Å². The Morgan fingerprint density at radius 3 is 2.38 bits per heavy atom. The Balaban J connectivity index is 3.07. The van der Waals surface area contributed by atoms with Gasteiger partial charge in [0.2, 0.25) is 10.0 Å². The van der Waals surface area contributed by atoms with Crippen molar-refractivity contribution in [2.24, 2.45) is 11.1 Å². The third-order valence-corrected chi connectivity index (χ3v) is 4.15. The van der Waals surface area contributed by atoms with Gasteiger partial charge in [-0.05, 0) is 43.4 Å². The van der Waals surface area contributed by atoms with Crippen LogP contribution < -0.4 is 10.5 Å². The van der Waals surface area contributed by atoms with Crippen molar-refractivity contribution < 1.29 is 13.2 Å². The fraction of sp³-hybridized carbons (Fsp3) is 0.533. The van der Waals surface area contributed by atoms with Gasteiger partial charge < -0.3 is 5.32 Å². The SMILES string of the molecule is CCc1ccc(S(N)(=O)=O)cc1C(=O)NC(C)CC(C)C. The molecule has 0 bridgehead atoms. The van der Waals surface area contributed by atoms with Gasteiger partial charge in [0.15, 0.2) is 0 Å². The molecule has 1 aromatic carbocycles. The molecule has 6 heteroatoms. The van der Waals surface area contributed by atoms with Gasteiger partial charge in [-0.3, -0.25) is 4.79 Å². The molecule has 0 aliphatic rings. The molecule has 0 fully saturated rings. The molecule has 0 radical (unpaired) electrons. The molecule has 1 amide bonds. The second-order valence-electron chi connectivity index (χ2n) is 5.72. The van der Waals surface area contributed by atoms with Crippen LogP contribution >= 0.6 is 0 Å². The Bertz CT molecular complexity index is 609. The van der Waals surface area contributed by atoms with E-state index in [1.807, 2.05) is 13.8 Å². The summed E-state index contributed by atoms with van der Waals surface area (Å²) in [7, 11) is -3.81. The van der Waals surface area contributed by atoms with E-state index in [0.717, 1.165) is 12.0 Å². The average molecular weight is 312 g/mol. The molecule has 3 N–H and O–H groups in total. The van der Waals surface area contributed by atoms with Crippen LogP contribution in [0.15, 0.2) is 23.1 Å². The number of hydrogen-bond acceptors (Lipinski definition) is 3. The number of hydrogen-bond donors (Lipinski definition) is 2. The molecule has 21 heavy (non-hydrogen) atoms. The summed E-state index contributed by atoms with van der Waals surface area (Å²) in [6, 6.07) is 4.45. The van der Waals surface area contributed by atoms with Crippen LogP contribution in [0.25, 0.3) is 0 Å². The summed E-state index contributed by atoms with van der Waals surface area (Å²) in [5.74, 6) is 0.215. The lowest BCUT2D eigenvalue weighted by Gasteiger charge is -2.17. The number of sulfonamides is 1. The molecule has 1 atom stereocenters. The molecule has 0 aliphatic heterocycles. The summed E-state index contributed by atoms with van der Waals surface area (Å²) in [5, 5.41) is 8.03. The highest BCUT2D eigenvalue weighted by molar-refractivity contribution is 7.89. The lowest BCUT2D eigenvalue weighted by molar-refractivity contribution is 0.0935. The van der Waals surface area contributed by atoms with Gasteiger partial charge in [0, 0.05) is 11.6 Å². The average Bonchev–Trinajstić information content (AvgIpc) is 2.35. The third kappa shape index (κ3) is 5.13. The smallest absolute Gasteiger partial charge is 0.251 e. The van der Waals surface area contributed by atoms with E-state index < -0.39 is 10.0 Å². The van der Waals surface area contributed by atoms with Gasteiger partial charge in [-0.25, -0.2) is 13.6 Å². The van der Waals surface area contributed by atoms with Gasteiger partial charge in [-0.2, -0.15) is 0 Å². The molecule has 0 aliphatic carbocycles. The Hall–Kier alpha value is -1.40. The first-order valence-corrected chi connectivity index (χ1v) is 8.66. The molecule has 0 heterocycles. The summed E-state index contributed by atoms with van der Waals surface area (Å²) in [6.45, 7) is 8.02. The molecular weight excluding hydrogens is 288 g/mol. The first-order chi connectivity index (χ1) is 9.65. The van der Waals surface area contributed by atoms with Crippen LogP contribution in [-0.4, -0.2) is 20.4 Å². The van der Waals surface area contributed by atoms with Crippen LogP contribution in [0.5, 0.6) is 0 Å². The normalized spacial score (nSPS) is 13.2. The maximum Gasteiger partial charge on any atom is 0.251 e. The molecule has 0 aromatic heterocycles. The van der Waals surface area contributed by atoms with Gasteiger partial charge in [-0.15, -0.1) is 0 Å². The van der Waals surface area contributed by atoms with Crippen molar-refractivity contribution in [3.05, 3.63) is 29.3 Å². The minimum absolute atomic E-state index is 0.0281. The van der Waals surface area contributed by atoms with E-state index in [-0.39, 0.29) is 16.8 Å². The topological polar surface area (TPSA) is 89.3 Å².